The molecule has 1 saturated heterocycles. The third-order valence-electron chi connectivity index (χ3n) is 11.7. The monoisotopic (exact) mass is 902 g/mol. The zero-order valence-electron chi connectivity index (χ0n) is 38.7. The lowest BCUT2D eigenvalue weighted by molar-refractivity contribution is -0.150. The SMILES string of the molecule is CCCCCCN(C(=O)[C@@H](NC(=O)[C@H]1CCCCN1)[C@@H](C)CC)[C@H](C[C@@H](OC(C)=O)c1nc(C(=O)N[C@@H](Cc2ccc(NC(=O)CNC)c(F)c2)CC(C)(C)C(=O)O)cs1)C(C)C. The molecule has 6 atom stereocenters. The summed E-state index contributed by atoms with van der Waals surface area (Å²) >= 11 is 1.13. The fourth-order valence-electron chi connectivity index (χ4n) is 7.82. The number of anilines is 1. The second-order valence-electron chi connectivity index (χ2n) is 17.8. The number of halogens is 1. The molecule has 1 aromatic heterocycles. The molecule has 0 bridgehead atoms. The number of rotatable bonds is 26. The molecule has 3 rings (SSSR count). The zero-order chi connectivity index (χ0) is 46.9. The predicted octanol–water partition coefficient (Wildman–Crippen LogP) is 6.38. The molecular weight excluding hydrogens is 830 g/mol. The first-order chi connectivity index (χ1) is 29.8. The van der Waals surface area contributed by atoms with Crippen molar-refractivity contribution in [2.24, 2.45) is 17.3 Å². The van der Waals surface area contributed by atoms with Gasteiger partial charge in [-0.3, -0.25) is 28.8 Å². The zero-order valence-corrected chi connectivity index (χ0v) is 39.6. The maximum absolute atomic E-state index is 15.1. The van der Waals surface area contributed by atoms with Crippen molar-refractivity contribution in [2.45, 2.75) is 156 Å². The Morgan fingerprint density at radius 1 is 1.06 bits per heavy atom. The van der Waals surface area contributed by atoms with E-state index in [2.05, 4.69) is 38.5 Å². The molecule has 2 heterocycles. The third-order valence-corrected chi connectivity index (χ3v) is 12.6. The van der Waals surface area contributed by atoms with E-state index in [0.717, 1.165) is 56.4 Å². The van der Waals surface area contributed by atoms with Crippen molar-refractivity contribution < 1.29 is 43.0 Å². The number of nitrogens with zero attached hydrogens (tertiary/aromatic N) is 2. The summed E-state index contributed by atoms with van der Waals surface area (Å²) in [6.45, 7) is 15.6. The maximum Gasteiger partial charge on any atom is 0.309 e. The van der Waals surface area contributed by atoms with Crippen LogP contribution in [0.3, 0.4) is 0 Å². The number of nitrogens with one attached hydrogen (secondary N) is 5. The number of likely N-dealkylation sites (N-methyl/N-ethyl adjacent to an activating group) is 1. The number of hydrogen-bond donors (Lipinski definition) is 6. The fourth-order valence-corrected chi connectivity index (χ4v) is 8.66. The second-order valence-corrected chi connectivity index (χ2v) is 18.7. The summed E-state index contributed by atoms with van der Waals surface area (Å²) in [5.74, 6) is -3.97. The lowest BCUT2D eigenvalue weighted by Gasteiger charge is -2.40. The highest BCUT2D eigenvalue weighted by Gasteiger charge is 2.38. The highest BCUT2D eigenvalue weighted by atomic mass is 32.1. The van der Waals surface area contributed by atoms with E-state index >= 15 is 4.39 Å². The van der Waals surface area contributed by atoms with Crippen LogP contribution in [0.5, 0.6) is 0 Å². The Kier molecular flexibility index (Phi) is 21.6. The number of carbonyl (C=O) groups is 6. The minimum Gasteiger partial charge on any atom is -0.481 e. The van der Waals surface area contributed by atoms with Crippen LogP contribution in [0.15, 0.2) is 23.6 Å². The number of hydrogen-bond acceptors (Lipinski definition) is 11. The van der Waals surface area contributed by atoms with Gasteiger partial charge in [-0.2, -0.15) is 0 Å². The molecule has 15 nitrogen and oxygen atoms in total. The summed E-state index contributed by atoms with van der Waals surface area (Å²) in [7, 11) is 1.59. The van der Waals surface area contributed by atoms with Gasteiger partial charge in [-0.05, 0) is 89.1 Å². The Morgan fingerprint density at radius 3 is 2.38 bits per heavy atom. The molecule has 2 aromatic rings. The molecule has 6 N–H and O–H groups in total. The van der Waals surface area contributed by atoms with E-state index < -0.39 is 59.2 Å². The topological polar surface area (TPSA) is 208 Å². The number of ether oxygens (including phenoxy) is 1. The van der Waals surface area contributed by atoms with Crippen molar-refractivity contribution in [3.05, 3.63) is 45.7 Å². The van der Waals surface area contributed by atoms with Crippen LogP contribution in [0, 0.1) is 23.1 Å². The number of benzene rings is 1. The first kappa shape index (κ1) is 52.9. The van der Waals surface area contributed by atoms with Gasteiger partial charge in [0.05, 0.1) is 23.7 Å². The molecule has 4 amide bonds. The Hall–Kier alpha value is -4.48. The number of carboxylic acid groups (broad SMARTS) is 1. The van der Waals surface area contributed by atoms with Crippen molar-refractivity contribution in [3.63, 3.8) is 0 Å². The van der Waals surface area contributed by atoms with Crippen molar-refractivity contribution in [3.8, 4) is 0 Å². The van der Waals surface area contributed by atoms with Crippen molar-refractivity contribution in [2.75, 3.05) is 32.0 Å². The van der Waals surface area contributed by atoms with Gasteiger partial charge in [0, 0.05) is 37.4 Å². The van der Waals surface area contributed by atoms with Crippen LogP contribution < -0.4 is 26.6 Å². The Morgan fingerprint density at radius 2 is 1.79 bits per heavy atom. The van der Waals surface area contributed by atoms with Crippen LogP contribution in [-0.2, 0) is 35.1 Å². The largest absolute Gasteiger partial charge is 0.481 e. The van der Waals surface area contributed by atoms with Gasteiger partial charge in [-0.15, -0.1) is 11.3 Å². The van der Waals surface area contributed by atoms with E-state index in [9.17, 15) is 33.9 Å². The normalized spacial score (nSPS) is 16.6. The number of carbonyl (C=O) groups excluding carboxylic acids is 5. The molecule has 0 unspecified atom stereocenters. The summed E-state index contributed by atoms with van der Waals surface area (Å²) < 4.78 is 21.0. The summed E-state index contributed by atoms with van der Waals surface area (Å²) in [5.41, 5.74) is -0.793. The van der Waals surface area contributed by atoms with Crippen LogP contribution >= 0.6 is 11.3 Å². The minimum atomic E-state index is -1.26. The standard InChI is InChI=1S/C46H72FN7O8S/c1-10-12-13-16-21-54(44(59)40(29(5)11-2)53-41(57)35-17-14-15-20-49-35)37(28(3)4)24-38(62-30(6)55)43-52-36(27-63-43)42(58)50-32(25-46(7,8)45(60)61)22-31-18-19-34(33(47)23-31)51-39(56)26-48-9/h18-19,23,27-29,32,35,37-38,40,48-49H,10-17,20-22,24-26H2,1-9H3,(H,50,58)(H,51,56)(H,53,57)(H,60,61)/t29-,32-,35+,37+,38+,40-/m0/s1. The molecular formula is C46H72FN7O8S. The first-order valence-corrected chi connectivity index (χ1v) is 23.4. The molecule has 0 radical (unpaired) electrons. The molecule has 352 valence electrons. The molecule has 1 aliphatic heterocycles. The lowest BCUT2D eigenvalue weighted by Crippen LogP contribution is -2.58. The van der Waals surface area contributed by atoms with Gasteiger partial charge in [0.15, 0.2) is 6.10 Å². The Balaban J connectivity index is 1.93. The molecule has 0 aliphatic carbocycles. The van der Waals surface area contributed by atoms with E-state index in [1.165, 1.54) is 38.3 Å². The third kappa shape index (κ3) is 16.5. The van der Waals surface area contributed by atoms with Crippen molar-refractivity contribution in [1.29, 1.82) is 0 Å². The number of esters is 1. The Bertz CT molecular complexity index is 1830. The van der Waals surface area contributed by atoms with E-state index in [0.29, 0.717) is 30.0 Å². The molecule has 1 aliphatic rings. The smallest absolute Gasteiger partial charge is 0.309 e. The second kappa shape index (κ2) is 25.7. The number of thiazole rings is 1. The van der Waals surface area contributed by atoms with E-state index in [1.807, 2.05) is 32.6 Å². The van der Waals surface area contributed by atoms with Crippen molar-refractivity contribution >= 4 is 52.6 Å². The van der Waals surface area contributed by atoms with E-state index in [4.69, 9.17) is 4.74 Å². The van der Waals surface area contributed by atoms with Gasteiger partial charge in [0.1, 0.15) is 22.6 Å². The van der Waals surface area contributed by atoms with Gasteiger partial charge < -0.3 is 41.3 Å². The number of aliphatic carboxylic acids is 1. The van der Waals surface area contributed by atoms with Gasteiger partial charge in [-0.25, -0.2) is 9.37 Å². The van der Waals surface area contributed by atoms with Crippen LogP contribution in [-0.4, -0.2) is 101 Å². The molecule has 1 aromatic carbocycles. The summed E-state index contributed by atoms with van der Waals surface area (Å²) in [5, 5.41) is 26.3. The van der Waals surface area contributed by atoms with E-state index in [1.54, 1.807) is 13.1 Å². The molecule has 63 heavy (non-hydrogen) atoms. The molecule has 1 fully saturated rings. The Labute approximate surface area is 376 Å². The van der Waals surface area contributed by atoms with Gasteiger partial charge in [0.2, 0.25) is 17.7 Å². The molecule has 17 heteroatoms. The predicted molar refractivity (Wildman–Crippen MR) is 243 cm³/mol. The van der Waals surface area contributed by atoms with Crippen molar-refractivity contribution in [1.82, 2.24) is 31.2 Å². The number of piperidine rings is 1. The van der Waals surface area contributed by atoms with E-state index in [-0.39, 0.29) is 66.9 Å². The van der Waals surface area contributed by atoms with Crippen LogP contribution in [0.2, 0.25) is 0 Å². The fraction of sp³-hybridized carbons (Fsp3) is 0.674. The van der Waals surface area contributed by atoms with Crippen LogP contribution in [0.4, 0.5) is 10.1 Å². The molecule has 0 saturated carbocycles. The van der Waals surface area contributed by atoms with Gasteiger partial charge in [-0.1, -0.05) is 72.8 Å². The number of carboxylic acids is 1. The van der Waals surface area contributed by atoms with Gasteiger partial charge in [0.25, 0.3) is 5.91 Å². The van der Waals surface area contributed by atoms with Crippen LogP contribution in [0.1, 0.15) is 147 Å². The minimum absolute atomic E-state index is 0.00311. The number of amides is 4. The highest BCUT2D eigenvalue weighted by molar-refractivity contribution is 7.09. The number of unbranched alkanes of at least 4 members (excludes halogenated alkanes) is 3. The molecule has 0 spiro atoms. The first-order valence-electron chi connectivity index (χ1n) is 22.6. The van der Waals surface area contributed by atoms with Crippen LogP contribution in [0.25, 0.3) is 0 Å². The summed E-state index contributed by atoms with van der Waals surface area (Å²) in [4.78, 5) is 85.6. The lowest BCUT2D eigenvalue weighted by atomic mass is 9.84. The van der Waals surface area contributed by atoms with Gasteiger partial charge >= 0.3 is 11.9 Å². The maximum atomic E-state index is 15.1. The summed E-state index contributed by atoms with van der Waals surface area (Å²) in [6.07, 6.45) is 6.31. The average Bonchev–Trinajstić information content (AvgIpc) is 3.73. The summed E-state index contributed by atoms with van der Waals surface area (Å²) in [6, 6.07) is 1.92. The average molecular weight is 902 g/mol. The quantitative estimate of drug-likeness (QED) is 0.0451. The highest BCUT2D eigenvalue weighted by Crippen LogP contribution is 2.32. The number of aromatic nitrogens is 1.